The molecule has 1 N–H and O–H groups in total. The molecule has 0 spiro atoms. The number of rotatable bonds is 3. The zero-order valence-corrected chi connectivity index (χ0v) is 8.63. The van der Waals surface area contributed by atoms with Crippen LogP contribution in [0.4, 0.5) is 0 Å². The van der Waals surface area contributed by atoms with Gasteiger partial charge in [0.2, 0.25) is 0 Å². The number of hydrogen-bond donors (Lipinski definition) is 1. The zero-order valence-electron chi connectivity index (χ0n) is 8.63. The number of carboxylic acids is 1. The summed E-state index contributed by atoms with van der Waals surface area (Å²) in [4.78, 5) is 22.0. The van der Waals surface area contributed by atoms with E-state index < -0.39 is 24.0 Å². The molecule has 1 aromatic rings. The van der Waals surface area contributed by atoms with E-state index in [0.29, 0.717) is 6.42 Å². The number of carbonyl (C=O) groups excluding carboxylic acids is 1. The average molecular weight is 220 g/mol. The molecule has 0 radical (unpaired) electrons. The molecule has 16 heavy (non-hydrogen) atoms. The van der Waals surface area contributed by atoms with Crippen molar-refractivity contribution in [2.45, 2.75) is 18.9 Å². The third kappa shape index (κ3) is 2.21. The van der Waals surface area contributed by atoms with Crippen LogP contribution < -0.4 is 0 Å². The highest BCUT2D eigenvalue weighted by atomic mass is 16.6. The van der Waals surface area contributed by atoms with Gasteiger partial charge in [0.05, 0.1) is 6.42 Å². The second kappa shape index (κ2) is 4.35. The van der Waals surface area contributed by atoms with Crippen LogP contribution in [0.15, 0.2) is 30.3 Å². The molecule has 0 bridgehead atoms. The molecule has 0 amide bonds. The lowest BCUT2D eigenvalue weighted by Gasteiger charge is -2.13. The van der Waals surface area contributed by atoms with Crippen LogP contribution in [-0.4, -0.2) is 23.1 Å². The van der Waals surface area contributed by atoms with Gasteiger partial charge >= 0.3 is 11.9 Å². The standard InChI is InChI=1S/C12H12O4/c13-11-7-9(12(14)15)10(16-11)6-8-4-2-1-3-5-8/h1-5,9-10H,6-7H2,(H,14,15)/t9-,10+/m1/s1. The Morgan fingerprint density at radius 3 is 2.69 bits per heavy atom. The van der Waals surface area contributed by atoms with Crippen molar-refractivity contribution >= 4 is 11.9 Å². The Hall–Kier alpha value is -1.84. The van der Waals surface area contributed by atoms with Gasteiger partial charge in [0, 0.05) is 6.42 Å². The molecule has 0 aromatic heterocycles. The summed E-state index contributed by atoms with van der Waals surface area (Å²) in [6.45, 7) is 0. The monoisotopic (exact) mass is 220 g/mol. The molecular weight excluding hydrogens is 208 g/mol. The van der Waals surface area contributed by atoms with E-state index in [-0.39, 0.29) is 6.42 Å². The number of aliphatic carboxylic acids is 1. The predicted molar refractivity (Wildman–Crippen MR) is 55.8 cm³/mol. The first-order chi connectivity index (χ1) is 7.66. The SMILES string of the molecule is O=C1C[C@@H](C(=O)O)[C@H](Cc2ccccc2)O1. The van der Waals surface area contributed by atoms with Crippen LogP contribution in [0.1, 0.15) is 12.0 Å². The summed E-state index contributed by atoms with van der Waals surface area (Å²) < 4.78 is 5.02. The summed E-state index contributed by atoms with van der Waals surface area (Å²) in [6, 6.07) is 9.43. The average Bonchev–Trinajstić information content (AvgIpc) is 2.61. The van der Waals surface area contributed by atoms with Crippen LogP contribution in [0.2, 0.25) is 0 Å². The van der Waals surface area contributed by atoms with E-state index in [2.05, 4.69) is 0 Å². The van der Waals surface area contributed by atoms with Crippen molar-refractivity contribution in [2.75, 3.05) is 0 Å². The Kier molecular flexibility index (Phi) is 2.90. The summed E-state index contributed by atoms with van der Waals surface area (Å²) >= 11 is 0. The van der Waals surface area contributed by atoms with Gasteiger partial charge in [0.15, 0.2) is 0 Å². The van der Waals surface area contributed by atoms with Crippen molar-refractivity contribution in [2.24, 2.45) is 5.92 Å². The van der Waals surface area contributed by atoms with Crippen LogP contribution in [0.5, 0.6) is 0 Å². The van der Waals surface area contributed by atoms with Crippen molar-refractivity contribution < 1.29 is 19.4 Å². The third-order valence-electron chi connectivity index (χ3n) is 2.72. The second-order valence-electron chi connectivity index (χ2n) is 3.87. The summed E-state index contributed by atoms with van der Waals surface area (Å²) in [5, 5.41) is 8.95. The van der Waals surface area contributed by atoms with E-state index in [4.69, 9.17) is 9.84 Å². The number of carboxylic acid groups (broad SMARTS) is 1. The Morgan fingerprint density at radius 2 is 2.06 bits per heavy atom. The maximum atomic E-state index is 11.1. The van der Waals surface area contributed by atoms with E-state index in [1.54, 1.807) is 0 Å². The molecule has 0 unspecified atom stereocenters. The molecule has 2 atom stereocenters. The first kappa shape index (κ1) is 10.7. The Morgan fingerprint density at radius 1 is 1.38 bits per heavy atom. The number of esters is 1. The Balaban J connectivity index is 2.09. The zero-order chi connectivity index (χ0) is 11.5. The van der Waals surface area contributed by atoms with Crippen molar-refractivity contribution in [3.8, 4) is 0 Å². The Bertz CT molecular complexity index is 399. The highest BCUT2D eigenvalue weighted by Gasteiger charge is 2.39. The fourth-order valence-corrected chi connectivity index (χ4v) is 1.89. The number of carbonyl (C=O) groups is 2. The molecule has 1 heterocycles. The lowest BCUT2D eigenvalue weighted by atomic mass is 9.96. The number of ether oxygens (including phenoxy) is 1. The van der Waals surface area contributed by atoms with Gasteiger partial charge in [-0.1, -0.05) is 30.3 Å². The topological polar surface area (TPSA) is 63.6 Å². The number of cyclic esters (lactones) is 1. The summed E-state index contributed by atoms with van der Waals surface area (Å²) in [7, 11) is 0. The van der Waals surface area contributed by atoms with Crippen molar-refractivity contribution in [1.82, 2.24) is 0 Å². The first-order valence-corrected chi connectivity index (χ1v) is 5.13. The summed E-state index contributed by atoms with van der Waals surface area (Å²) in [5.41, 5.74) is 0.980. The van der Waals surface area contributed by atoms with E-state index >= 15 is 0 Å². The highest BCUT2D eigenvalue weighted by Crippen LogP contribution is 2.25. The fourth-order valence-electron chi connectivity index (χ4n) is 1.89. The molecular formula is C12H12O4. The lowest BCUT2D eigenvalue weighted by Crippen LogP contribution is -2.25. The second-order valence-corrected chi connectivity index (χ2v) is 3.87. The van der Waals surface area contributed by atoms with Gasteiger partial charge in [-0.3, -0.25) is 9.59 Å². The third-order valence-corrected chi connectivity index (χ3v) is 2.72. The Labute approximate surface area is 92.8 Å². The quantitative estimate of drug-likeness (QED) is 0.778. The van der Waals surface area contributed by atoms with E-state index in [1.165, 1.54) is 0 Å². The van der Waals surface area contributed by atoms with E-state index in [1.807, 2.05) is 30.3 Å². The first-order valence-electron chi connectivity index (χ1n) is 5.13. The predicted octanol–water partition coefficient (Wildman–Crippen LogP) is 1.25. The molecule has 1 aromatic carbocycles. The summed E-state index contributed by atoms with van der Waals surface area (Å²) in [5.74, 6) is -2.10. The van der Waals surface area contributed by atoms with E-state index in [0.717, 1.165) is 5.56 Å². The minimum absolute atomic E-state index is 0.0210. The molecule has 1 aliphatic rings. The molecule has 0 aliphatic carbocycles. The largest absolute Gasteiger partial charge is 0.481 e. The molecule has 4 nitrogen and oxygen atoms in total. The highest BCUT2D eigenvalue weighted by molar-refractivity contribution is 5.82. The molecule has 0 saturated carbocycles. The normalized spacial score (nSPS) is 24.1. The van der Waals surface area contributed by atoms with Gasteiger partial charge in [-0.2, -0.15) is 0 Å². The number of benzene rings is 1. The van der Waals surface area contributed by atoms with Crippen LogP contribution in [-0.2, 0) is 20.7 Å². The van der Waals surface area contributed by atoms with Gasteiger partial charge in [0.1, 0.15) is 12.0 Å². The molecule has 84 valence electrons. The van der Waals surface area contributed by atoms with Crippen molar-refractivity contribution in [3.05, 3.63) is 35.9 Å². The molecule has 2 rings (SSSR count). The molecule has 1 fully saturated rings. The smallest absolute Gasteiger partial charge is 0.310 e. The maximum absolute atomic E-state index is 11.1. The number of hydrogen-bond acceptors (Lipinski definition) is 3. The summed E-state index contributed by atoms with van der Waals surface area (Å²) in [6.07, 6.45) is -0.0940. The van der Waals surface area contributed by atoms with Gasteiger partial charge < -0.3 is 9.84 Å². The van der Waals surface area contributed by atoms with E-state index in [9.17, 15) is 9.59 Å². The van der Waals surface area contributed by atoms with Crippen molar-refractivity contribution in [3.63, 3.8) is 0 Å². The van der Waals surface area contributed by atoms with Gasteiger partial charge in [-0.25, -0.2) is 0 Å². The van der Waals surface area contributed by atoms with Crippen LogP contribution >= 0.6 is 0 Å². The molecule has 1 aliphatic heterocycles. The minimum atomic E-state index is -0.966. The van der Waals surface area contributed by atoms with Crippen LogP contribution in [0.3, 0.4) is 0 Å². The minimum Gasteiger partial charge on any atom is -0.481 e. The van der Waals surface area contributed by atoms with Gasteiger partial charge in [-0.15, -0.1) is 0 Å². The van der Waals surface area contributed by atoms with Crippen LogP contribution in [0, 0.1) is 5.92 Å². The fraction of sp³-hybridized carbons (Fsp3) is 0.333. The van der Waals surface area contributed by atoms with Gasteiger partial charge in [-0.05, 0) is 5.56 Å². The lowest BCUT2D eigenvalue weighted by molar-refractivity contribution is -0.144. The van der Waals surface area contributed by atoms with Crippen molar-refractivity contribution in [1.29, 1.82) is 0 Å². The van der Waals surface area contributed by atoms with Crippen LogP contribution in [0.25, 0.3) is 0 Å². The maximum Gasteiger partial charge on any atom is 0.310 e. The van der Waals surface area contributed by atoms with Gasteiger partial charge in [0.25, 0.3) is 0 Å². The molecule has 4 heteroatoms. The molecule has 1 saturated heterocycles.